The standard InChI is InChI=1S/C4H12N2.4H3N.2Pt/c5-3-1-2-4-6;;;;;;/h1-6H2;4*1H3;;/q;;;;;2*+4. The average Bonchev–Trinajstić information content (AvgIpc) is 1.61. The molecule has 0 bridgehead atoms. The third-order valence-electron chi connectivity index (χ3n) is 0.658. The summed E-state index contributed by atoms with van der Waals surface area (Å²) in [6.07, 6.45) is 2.13. The Balaban J connectivity index is -0.00000000833. The Morgan fingerprint density at radius 3 is 0.833 bits per heavy atom. The van der Waals surface area contributed by atoms with Gasteiger partial charge in [0.2, 0.25) is 0 Å². The minimum absolute atomic E-state index is 0. The van der Waals surface area contributed by atoms with Gasteiger partial charge in [-0.1, -0.05) is 0 Å². The molecular formula is C4H24N6Pt2+8. The third kappa shape index (κ3) is 66.9. The molecule has 0 aliphatic heterocycles. The molecule has 6 nitrogen and oxygen atoms in total. The summed E-state index contributed by atoms with van der Waals surface area (Å²) in [5.41, 5.74) is 10.3. The van der Waals surface area contributed by atoms with Crippen molar-refractivity contribution in [3.8, 4) is 0 Å². The first kappa shape index (κ1) is 51.4. The normalized spacial score (nSPS) is 4.50. The monoisotopic (exact) mass is 546 g/mol. The van der Waals surface area contributed by atoms with Crippen molar-refractivity contribution in [3.63, 3.8) is 0 Å². The van der Waals surface area contributed by atoms with Gasteiger partial charge in [-0.25, -0.2) is 0 Å². The molecule has 16 N–H and O–H groups in total. The van der Waals surface area contributed by atoms with E-state index >= 15 is 0 Å². The molecule has 82 valence electrons. The van der Waals surface area contributed by atoms with Gasteiger partial charge in [0.1, 0.15) is 0 Å². The van der Waals surface area contributed by atoms with Crippen LogP contribution in [0.3, 0.4) is 0 Å². The fourth-order valence-electron chi connectivity index (χ4n) is 0.289. The summed E-state index contributed by atoms with van der Waals surface area (Å²) in [6, 6.07) is 0. The van der Waals surface area contributed by atoms with Crippen LogP contribution in [0.1, 0.15) is 12.8 Å². The zero-order valence-corrected chi connectivity index (χ0v) is 12.0. The van der Waals surface area contributed by atoms with Crippen molar-refractivity contribution in [1.82, 2.24) is 24.6 Å². The van der Waals surface area contributed by atoms with Gasteiger partial charge < -0.3 is 36.1 Å². The molecule has 0 heterocycles. The molecule has 0 saturated carbocycles. The second-order valence-corrected chi connectivity index (χ2v) is 1.28. The van der Waals surface area contributed by atoms with Crippen LogP contribution in [0.15, 0.2) is 0 Å². The topological polar surface area (TPSA) is 192 Å². The Bertz CT molecular complexity index is 29.5. The molecule has 0 aromatic rings. The van der Waals surface area contributed by atoms with E-state index in [1.165, 1.54) is 0 Å². The summed E-state index contributed by atoms with van der Waals surface area (Å²) in [5.74, 6) is 0. The number of unbranched alkanes of at least 4 members (excludes halogenated alkanes) is 1. The Hall–Kier alpha value is 1.14. The first-order chi connectivity index (χ1) is 2.91. The van der Waals surface area contributed by atoms with E-state index in [1.54, 1.807) is 0 Å². The van der Waals surface area contributed by atoms with Gasteiger partial charge in [-0.2, -0.15) is 0 Å². The summed E-state index contributed by atoms with van der Waals surface area (Å²) in [4.78, 5) is 0. The Morgan fingerprint density at radius 2 is 0.750 bits per heavy atom. The van der Waals surface area contributed by atoms with Crippen molar-refractivity contribution in [3.05, 3.63) is 0 Å². The summed E-state index contributed by atoms with van der Waals surface area (Å²) >= 11 is 0. The second kappa shape index (κ2) is 57.0. The largest absolute Gasteiger partial charge is 4.00 e. The SMILES string of the molecule is N.N.N.N.NCCCCN.[Pt+4].[Pt+4]. The molecule has 0 radical (unpaired) electrons. The zero-order chi connectivity index (χ0) is 4.83. The molecule has 0 aliphatic carbocycles. The molecule has 0 amide bonds. The molecular weight excluding hydrogens is 522 g/mol. The van der Waals surface area contributed by atoms with Crippen LogP contribution in [0.25, 0.3) is 0 Å². The van der Waals surface area contributed by atoms with E-state index in [9.17, 15) is 0 Å². The maximum absolute atomic E-state index is 5.16. The van der Waals surface area contributed by atoms with Crippen LogP contribution in [0.2, 0.25) is 0 Å². The predicted molar refractivity (Wildman–Crippen MR) is 47.4 cm³/mol. The Morgan fingerprint density at radius 1 is 0.583 bits per heavy atom. The van der Waals surface area contributed by atoms with Crippen molar-refractivity contribution in [2.24, 2.45) is 11.5 Å². The summed E-state index contributed by atoms with van der Waals surface area (Å²) in [6.45, 7) is 1.55. The zero-order valence-electron chi connectivity index (χ0n) is 7.44. The average molecular weight is 546 g/mol. The molecule has 0 unspecified atom stereocenters. The minimum atomic E-state index is 0. The van der Waals surface area contributed by atoms with E-state index in [2.05, 4.69) is 0 Å². The van der Waals surface area contributed by atoms with Crippen molar-refractivity contribution in [2.45, 2.75) is 12.8 Å². The van der Waals surface area contributed by atoms with Crippen LogP contribution < -0.4 is 36.1 Å². The number of nitrogens with two attached hydrogens (primary N) is 2. The second-order valence-electron chi connectivity index (χ2n) is 1.28. The predicted octanol–water partition coefficient (Wildman–Crippen LogP) is 0.327. The Labute approximate surface area is 104 Å². The summed E-state index contributed by atoms with van der Waals surface area (Å²) in [7, 11) is 0. The van der Waals surface area contributed by atoms with E-state index < -0.39 is 0 Å². The first-order valence-corrected chi connectivity index (χ1v) is 2.32. The minimum Gasteiger partial charge on any atom is -0.344 e. The van der Waals surface area contributed by atoms with Crippen molar-refractivity contribution >= 4 is 0 Å². The molecule has 0 aromatic carbocycles. The molecule has 12 heavy (non-hydrogen) atoms. The van der Waals surface area contributed by atoms with E-state index in [0.717, 1.165) is 25.9 Å². The summed E-state index contributed by atoms with van der Waals surface area (Å²) < 4.78 is 0. The van der Waals surface area contributed by atoms with Crippen LogP contribution in [0.5, 0.6) is 0 Å². The van der Waals surface area contributed by atoms with Crippen LogP contribution in [-0.2, 0) is 42.1 Å². The van der Waals surface area contributed by atoms with Gasteiger partial charge in [0, 0.05) is 0 Å². The molecule has 0 aliphatic rings. The van der Waals surface area contributed by atoms with E-state index in [-0.39, 0.29) is 66.7 Å². The molecule has 0 saturated heterocycles. The van der Waals surface area contributed by atoms with Gasteiger partial charge in [-0.05, 0) is 25.9 Å². The van der Waals surface area contributed by atoms with Crippen LogP contribution in [-0.4, -0.2) is 13.1 Å². The van der Waals surface area contributed by atoms with Gasteiger partial charge >= 0.3 is 42.1 Å². The number of hydrogen-bond acceptors (Lipinski definition) is 6. The molecule has 0 aromatic heterocycles. The van der Waals surface area contributed by atoms with E-state index in [1.807, 2.05) is 0 Å². The third-order valence-corrected chi connectivity index (χ3v) is 0.658. The van der Waals surface area contributed by atoms with Crippen LogP contribution >= 0.6 is 0 Å². The first-order valence-electron chi connectivity index (χ1n) is 2.32. The molecule has 8 heteroatoms. The summed E-state index contributed by atoms with van der Waals surface area (Å²) in [5, 5.41) is 0. The smallest absolute Gasteiger partial charge is 0.344 e. The van der Waals surface area contributed by atoms with Crippen LogP contribution in [0.4, 0.5) is 0 Å². The molecule has 0 spiro atoms. The fraction of sp³-hybridized carbons (Fsp3) is 1.00. The van der Waals surface area contributed by atoms with E-state index in [4.69, 9.17) is 11.5 Å². The van der Waals surface area contributed by atoms with Gasteiger partial charge in [0.05, 0.1) is 0 Å². The van der Waals surface area contributed by atoms with Gasteiger partial charge in [0.15, 0.2) is 0 Å². The van der Waals surface area contributed by atoms with Crippen molar-refractivity contribution in [2.75, 3.05) is 13.1 Å². The maximum atomic E-state index is 5.16. The Kier molecular flexibility index (Phi) is 244. The number of rotatable bonds is 3. The fourth-order valence-corrected chi connectivity index (χ4v) is 0.289. The van der Waals surface area contributed by atoms with Gasteiger partial charge in [0.25, 0.3) is 0 Å². The molecule has 0 rings (SSSR count). The van der Waals surface area contributed by atoms with Gasteiger partial charge in [-0.15, -0.1) is 0 Å². The molecule has 0 atom stereocenters. The van der Waals surface area contributed by atoms with Crippen molar-refractivity contribution < 1.29 is 42.1 Å². The van der Waals surface area contributed by atoms with E-state index in [0.29, 0.717) is 0 Å². The van der Waals surface area contributed by atoms with Gasteiger partial charge in [-0.3, -0.25) is 0 Å². The number of hydrogen-bond donors (Lipinski definition) is 6. The molecule has 0 fully saturated rings. The van der Waals surface area contributed by atoms with Crippen molar-refractivity contribution in [1.29, 1.82) is 0 Å². The van der Waals surface area contributed by atoms with Crippen LogP contribution in [0, 0.1) is 0 Å². The quantitative estimate of drug-likeness (QED) is 0.276. The maximum Gasteiger partial charge on any atom is 4.00 e.